The van der Waals surface area contributed by atoms with Gasteiger partial charge in [-0.05, 0) is 0 Å². The Bertz CT molecular complexity index is 65.2. The molecule has 0 spiro atoms. The van der Waals surface area contributed by atoms with Crippen LogP contribution in [0.15, 0.2) is 6.08 Å². The van der Waals surface area contributed by atoms with E-state index in [1.807, 2.05) is 0 Å². The quantitative estimate of drug-likeness (QED) is 0.347. The molecule has 0 aliphatic heterocycles. The molecule has 3 heteroatoms. The highest BCUT2D eigenvalue weighted by Gasteiger charge is 1.63. The van der Waals surface area contributed by atoms with Gasteiger partial charge in [-0.1, -0.05) is 0 Å². The smallest absolute Gasteiger partial charge is 0.121 e. The fourth-order valence-corrected chi connectivity index (χ4v) is 0.0873. The summed E-state index contributed by atoms with van der Waals surface area (Å²) in [7, 11) is 0. The summed E-state index contributed by atoms with van der Waals surface area (Å²) in [5.41, 5.74) is 1.75. The minimum Gasteiger partial charge on any atom is -0.316 e. The average molecular weight is 87.1 g/mol. The Labute approximate surface area is 35.2 Å². The van der Waals surface area contributed by atoms with Crippen molar-refractivity contribution in [2.75, 3.05) is 6.54 Å². The Balaban J connectivity index is 2.86. The average Bonchev–Trinajstić information content (AvgIpc) is 1.61. The van der Waals surface area contributed by atoms with E-state index in [1.54, 1.807) is 5.48 Å². The molecule has 0 atom stereocenters. The van der Waals surface area contributed by atoms with E-state index in [0.717, 1.165) is 6.08 Å². The van der Waals surface area contributed by atoms with E-state index in [9.17, 15) is 4.79 Å². The van der Waals surface area contributed by atoms with Gasteiger partial charge in [-0.25, -0.2) is 10.3 Å². The van der Waals surface area contributed by atoms with Gasteiger partial charge in [0, 0.05) is 12.6 Å². The first-order valence-corrected chi connectivity index (χ1v) is 1.48. The number of nitrogens with one attached hydrogen (secondary N) is 1. The van der Waals surface area contributed by atoms with Crippen LogP contribution in [-0.2, 0) is 4.79 Å². The summed E-state index contributed by atoms with van der Waals surface area (Å²) in [5, 5.41) is 7.74. The van der Waals surface area contributed by atoms with Crippen LogP contribution in [0.4, 0.5) is 0 Å². The predicted octanol–water partition coefficient (Wildman–Crippen LogP) is -0.647. The molecule has 0 aromatic rings. The van der Waals surface area contributed by atoms with Crippen LogP contribution in [0, 0.1) is 0 Å². The second kappa shape index (κ2) is 4.37. The van der Waals surface area contributed by atoms with E-state index >= 15 is 0 Å². The minimum atomic E-state index is 0.170. The lowest BCUT2D eigenvalue weighted by atomic mass is 10.7. The van der Waals surface area contributed by atoms with E-state index in [1.165, 1.54) is 5.94 Å². The highest BCUT2D eigenvalue weighted by Crippen LogP contribution is 1.47. The summed E-state index contributed by atoms with van der Waals surface area (Å²) in [6, 6.07) is 0. The Kier molecular flexibility index (Phi) is 3.91. The maximum Gasteiger partial charge on any atom is 0.121 e. The molecule has 0 aromatic carbocycles. The van der Waals surface area contributed by atoms with Crippen molar-refractivity contribution in [1.82, 2.24) is 5.48 Å². The summed E-state index contributed by atoms with van der Waals surface area (Å²) in [4.78, 5) is 9.23. The Hall–Kier alpha value is -0.630. The summed E-state index contributed by atoms with van der Waals surface area (Å²) in [6.45, 7) is 0.170. The van der Waals surface area contributed by atoms with Gasteiger partial charge in [-0.3, -0.25) is 0 Å². The summed E-state index contributed by atoms with van der Waals surface area (Å²) >= 11 is 0. The van der Waals surface area contributed by atoms with Crippen LogP contribution in [-0.4, -0.2) is 17.7 Å². The fraction of sp³-hybridized carbons (Fsp3) is 0.333. The first-order valence-electron chi connectivity index (χ1n) is 1.48. The molecule has 0 heterocycles. The van der Waals surface area contributed by atoms with Crippen LogP contribution in [0.2, 0.25) is 0 Å². The third-order valence-electron chi connectivity index (χ3n) is 0.277. The van der Waals surface area contributed by atoms with Gasteiger partial charge in [-0.15, -0.1) is 0 Å². The van der Waals surface area contributed by atoms with Crippen LogP contribution >= 0.6 is 0 Å². The topological polar surface area (TPSA) is 49.3 Å². The lowest BCUT2D eigenvalue weighted by Gasteiger charge is -1.77. The van der Waals surface area contributed by atoms with Gasteiger partial charge in [0.05, 0.1) is 0 Å². The van der Waals surface area contributed by atoms with Gasteiger partial charge in [0.1, 0.15) is 5.94 Å². The molecular weight excluding hydrogens is 82.0 g/mol. The van der Waals surface area contributed by atoms with Crippen molar-refractivity contribution >= 4 is 5.94 Å². The molecule has 3 nitrogen and oxygen atoms in total. The zero-order valence-electron chi connectivity index (χ0n) is 3.14. The maximum atomic E-state index is 9.23. The number of carbonyl (C=O) groups excluding carboxylic acids is 1. The van der Waals surface area contributed by atoms with Crippen LogP contribution < -0.4 is 5.48 Å². The molecule has 0 unspecified atom stereocenters. The molecule has 6 heavy (non-hydrogen) atoms. The highest BCUT2D eigenvalue weighted by molar-refractivity contribution is 5.44. The number of hydroxylamine groups is 1. The van der Waals surface area contributed by atoms with Gasteiger partial charge in [0.15, 0.2) is 0 Å². The van der Waals surface area contributed by atoms with E-state index in [0.29, 0.717) is 0 Å². The van der Waals surface area contributed by atoms with E-state index in [4.69, 9.17) is 5.21 Å². The van der Waals surface area contributed by atoms with Crippen molar-refractivity contribution in [2.45, 2.75) is 0 Å². The molecule has 34 valence electrons. The largest absolute Gasteiger partial charge is 0.316 e. The van der Waals surface area contributed by atoms with Crippen molar-refractivity contribution < 1.29 is 10.0 Å². The van der Waals surface area contributed by atoms with Crippen LogP contribution in [0.3, 0.4) is 0 Å². The number of hydrogen-bond acceptors (Lipinski definition) is 3. The zero-order chi connectivity index (χ0) is 4.83. The molecule has 0 bridgehead atoms. The molecule has 0 radical (unpaired) electrons. The molecule has 0 aliphatic rings. The van der Waals surface area contributed by atoms with Crippen molar-refractivity contribution in [2.24, 2.45) is 0 Å². The van der Waals surface area contributed by atoms with Crippen LogP contribution in [0.25, 0.3) is 0 Å². The second-order valence-electron chi connectivity index (χ2n) is 0.684. The summed E-state index contributed by atoms with van der Waals surface area (Å²) in [6.07, 6.45) is 1.14. The SMILES string of the molecule is O=C=CCNO. The van der Waals surface area contributed by atoms with Gasteiger partial charge in [-0.2, -0.15) is 0 Å². The van der Waals surface area contributed by atoms with E-state index < -0.39 is 0 Å². The Morgan fingerprint density at radius 2 is 2.67 bits per heavy atom. The second-order valence-corrected chi connectivity index (χ2v) is 0.684. The van der Waals surface area contributed by atoms with Crippen molar-refractivity contribution in [3.05, 3.63) is 6.08 Å². The van der Waals surface area contributed by atoms with Gasteiger partial charge in [0.25, 0.3) is 0 Å². The van der Waals surface area contributed by atoms with E-state index in [2.05, 4.69) is 0 Å². The zero-order valence-corrected chi connectivity index (χ0v) is 3.14. The molecule has 0 aromatic heterocycles. The molecule has 0 fully saturated rings. The molecule has 0 amide bonds. The highest BCUT2D eigenvalue weighted by atomic mass is 16.5. The predicted molar refractivity (Wildman–Crippen MR) is 20.1 cm³/mol. The monoisotopic (exact) mass is 87.0 g/mol. The van der Waals surface area contributed by atoms with E-state index in [-0.39, 0.29) is 6.54 Å². The maximum absolute atomic E-state index is 9.23. The normalized spacial score (nSPS) is 6.83. The van der Waals surface area contributed by atoms with Crippen LogP contribution in [0.1, 0.15) is 0 Å². The molecular formula is C3H5NO2. The third kappa shape index (κ3) is 3.37. The third-order valence-corrected chi connectivity index (χ3v) is 0.277. The molecule has 0 rings (SSSR count). The minimum absolute atomic E-state index is 0.170. The number of hydrogen-bond donors (Lipinski definition) is 2. The Morgan fingerprint density at radius 1 is 2.00 bits per heavy atom. The first kappa shape index (κ1) is 5.37. The lowest BCUT2D eigenvalue weighted by Crippen LogP contribution is -2.04. The van der Waals surface area contributed by atoms with Gasteiger partial charge in [0.2, 0.25) is 0 Å². The van der Waals surface area contributed by atoms with Crippen molar-refractivity contribution in [1.29, 1.82) is 0 Å². The fourth-order valence-electron chi connectivity index (χ4n) is 0.0873. The van der Waals surface area contributed by atoms with Crippen molar-refractivity contribution in [3.63, 3.8) is 0 Å². The summed E-state index contributed by atoms with van der Waals surface area (Å²) in [5.74, 6) is 1.47. The molecule has 0 aliphatic carbocycles. The summed E-state index contributed by atoms with van der Waals surface area (Å²) < 4.78 is 0. The standard InChI is InChI=1S/C3H5NO2/c5-3-1-2-4-6/h1,4,6H,2H2. The molecule has 0 saturated heterocycles. The molecule has 2 N–H and O–H groups in total. The van der Waals surface area contributed by atoms with Crippen molar-refractivity contribution in [3.8, 4) is 0 Å². The first-order chi connectivity index (χ1) is 2.91. The molecule has 0 saturated carbocycles. The van der Waals surface area contributed by atoms with Gasteiger partial charge < -0.3 is 5.21 Å². The van der Waals surface area contributed by atoms with Gasteiger partial charge >= 0.3 is 0 Å². The van der Waals surface area contributed by atoms with Crippen LogP contribution in [0.5, 0.6) is 0 Å². The lowest BCUT2D eigenvalue weighted by molar-refractivity contribution is 0.180. The Morgan fingerprint density at radius 3 is 2.83 bits per heavy atom. The number of rotatable bonds is 2.